The lowest BCUT2D eigenvalue weighted by atomic mass is 9.92. The van der Waals surface area contributed by atoms with E-state index in [1.165, 1.54) is 16.7 Å². The molecule has 0 radical (unpaired) electrons. The Balaban J connectivity index is 1.26. The number of likely N-dealkylation sites (tertiary alicyclic amines) is 2. The third-order valence-corrected chi connectivity index (χ3v) is 10.4. The number of benzene rings is 2. The largest absolute Gasteiger partial charge is 0.344 e. The maximum absolute atomic E-state index is 14.2. The fourth-order valence-corrected chi connectivity index (χ4v) is 7.88. The van der Waals surface area contributed by atoms with Crippen LogP contribution in [0, 0.1) is 19.8 Å². The third-order valence-electron chi connectivity index (χ3n) is 10.4. The van der Waals surface area contributed by atoms with Crippen LogP contribution in [-0.4, -0.2) is 89.8 Å². The molecule has 8 heteroatoms. The van der Waals surface area contributed by atoms with Crippen LogP contribution in [-0.2, 0) is 27.2 Å². The lowest BCUT2D eigenvalue weighted by Gasteiger charge is -2.46. The van der Waals surface area contributed by atoms with Crippen molar-refractivity contribution < 1.29 is 14.4 Å². The van der Waals surface area contributed by atoms with E-state index in [0.29, 0.717) is 43.9 Å². The minimum atomic E-state index is -0.605. The van der Waals surface area contributed by atoms with Crippen molar-refractivity contribution in [3.05, 3.63) is 70.3 Å². The van der Waals surface area contributed by atoms with Gasteiger partial charge in [0.1, 0.15) is 6.04 Å². The van der Waals surface area contributed by atoms with Gasteiger partial charge in [-0.2, -0.15) is 0 Å². The standard InChI is InChI=1S/C38H55N5O3/c1-26(2)25-43(32-13-18-41(19-14-32)29(5)44)33-15-20-42(21-16-33)38(46)36(23-31-11-10-27(3)22-28(31)4)40-37(45)24-35-34-9-7-6-8-30(34)12-17-39-35/h6-11,22,26,32-33,35-36,39H,12-21,23-25H2,1-5H3,(H,40,45). The molecule has 2 saturated heterocycles. The molecular weight excluding hydrogens is 574 g/mol. The van der Waals surface area contributed by atoms with Crippen LogP contribution in [0.2, 0.25) is 0 Å². The second-order valence-corrected chi connectivity index (χ2v) is 14.3. The minimum Gasteiger partial charge on any atom is -0.344 e. The van der Waals surface area contributed by atoms with E-state index in [1.54, 1.807) is 6.92 Å². The van der Waals surface area contributed by atoms with Crippen LogP contribution in [0.1, 0.15) is 86.7 Å². The zero-order valence-electron chi connectivity index (χ0n) is 28.7. The van der Waals surface area contributed by atoms with Gasteiger partial charge in [0.05, 0.1) is 0 Å². The number of hydrogen-bond acceptors (Lipinski definition) is 5. The van der Waals surface area contributed by atoms with Gasteiger partial charge in [-0.05, 0) is 80.7 Å². The van der Waals surface area contributed by atoms with Gasteiger partial charge in [0.15, 0.2) is 0 Å². The number of rotatable bonds is 10. The van der Waals surface area contributed by atoms with E-state index in [1.807, 2.05) is 15.9 Å². The molecule has 2 aromatic rings. The molecule has 3 aliphatic rings. The van der Waals surface area contributed by atoms with E-state index in [0.717, 1.165) is 69.4 Å². The predicted molar refractivity (Wildman–Crippen MR) is 183 cm³/mol. The molecule has 2 unspecified atom stereocenters. The number of carbonyl (C=O) groups excluding carboxylic acids is 3. The molecule has 5 rings (SSSR count). The molecule has 2 aromatic carbocycles. The molecule has 2 fully saturated rings. The van der Waals surface area contributed by atoms with Gasteiger partial charge in [0, 0.05) is 70.6 Å². The summed E-state index contributed by atoms with van der Waals surface area (Å²) in [5, 5.41) is 6.72. The number of amides is 3. The lowest BCUT2D eigenvalue weighted by molar-refractivity contribution is -0.138. The number of aryl methyl sites for hydroxylation is 2. The smallest absolute Gasteiger partial charge is 0.245 e. The van der Waals surface area contributed by atoms with Crippen LogP contribution in [0.15, 0.2) is 42.5 Å². The van der Waals surface area contributed by atoms with E-state index < -0.39 is 6.04 Å². The van der Waals surface area contributed by atoms with Gasteiger partial charge in [-0.3, -0.25) is 19.3 Å². The maximum Gasteiger partial charge on any atom is 0.245 e. The number of fused-ring (bicyclic) bond motifs is 1. The van der Waals surface area contributed by atoms with Crippen LogP contribution in [0.3, 0.4) is 0 Å². The Morgan fingerprint density at radius 1 is 0.935 bits per heavy atom. The SMILES string of the molecule is CC(=O)N1CCC(N(CC(C)C)C2CCN(C(=O)C(Cc3ccc(C)cc3C)NC(=O)CC3NCCc4ccccc43)CC2)CC1. The summed E-state index contributed by atoms with van der Waals surface area (Å²) in [6, 6.07) is 14.9. The van der Waals surface area contributed by atoms with E-state index in [2.05, 4.69) is 79.6 Å². The second kappa shape index (κ2) is 15.6. The molecule has 0 aromatic heterocycles. The summed E-state index contributed by atoms with van der Waals surface area (Å²) < 4.78 is 0. The Bertz CT molecular complexity index is 1360. The molecule has 3 amide bonds. The Labute approximate surface area is 276 Å². The van der Waals surface area contributed by atoms with Crippen LogP contribution in [0.25, 0.3) is 0 Å². The maximum atomic E-state index is 14.2. The number of carbonyl (C=O) groups is 3. The van der Waals surface area contributed by atoms with E-state index in [-0.39, 0.29) is 23.8 Å². The summed E-state index contributed by atoms with van der Waals surface area (Å²) in [7, 11) is 0. The van der Waals surface area contributed by atoms with Crippen molar-refractivity contribution in [3.8, 4) is 0 Å². The van der Waals surface area contributed by atoms with Crippen molar-refractivity contribution in [1.29, 1.82) is 0 Å². The van der Waals surface area contributed by atoms with Gasteiger partial charge in [-0.1, -0.05) is 61.9 Å². The molecule has 0 spiro atoms. The Hall–Kier alpha value is -3.23. The molecule has 0 saturated carbocycles. The van der Waals surface area contributed by atoms with Gasteiger partial charge in [-0.25, -0.2) is 0 Å². The highest BCUT2D eigenvalue weighted by molar-refractivity contribution is 5.88. The normalized spacial score (nSPS) is 20.1. The zero-order chi connectivity index (χ0) is 32.8. The Morgan fingerprint density at radius 3 is 2.22 bits per heavy atom. The van der Waals surface area contributed by atoms with Crippen LogP contribution in [0.5, 0.6) is 0 Å². The molecule has 0 bridgehead atoms. The first kappa shape index (κ1) is 34.1. The highest BCUT2D eigenvalue weighted by Crippen LogP contribution is 2.28. The first-order valence-corrected chi connectivity index (χ1v) is 17.6. The number of nitrogens with one attached hydrogen (secondary N) is 2. The third kappa shape index (κ3) is 8.56. The van der Waals surface area contributed by atoms with E-state index >= 15 is 0 Å². The molecule has 3 heterocycles. The van der Waals surface area contributed by atoms with Crippen molar-refractivity contribution in [2.45, 2.75) is 104 Å². The summed E-state index contributed by atoms with van der Waals surface area (Å²) in [6.45, 7) is 15.3. The monoisotopic (exact) mass is 629 g/mol. The van der Waals surface area contributed by atoms with Crippen molar-refractivity contribution in [3.63, 3.8) is 0 Å². The van der Waals surface area contributed by atoms with Crippen molar-refractivity contribution in [2.24, 2.45) is 5.92 Å². The molecule has 46 heavy (non-hydrogen) atoms. The summed E-state index contributed by atoms with van der Waals surface area (Å²) >= 11 is 0. The summed E-state index contributed by atoms with van der Waals surface area (Å²) in [5.74, 6) is 0.651. The molecule has 2 atom stereocenters. The first-order valence-electron chi connectivity index (χ1n) is 17.6. The fourth-order valence-electron chi connectivity index (χ4n) is 7.88. The van der Waals surface area contributed by atoms with Crippen molar-refractivity contribution >= 4 is 17.7 Å². The Kier molecular flexibility index (Phi) is 11.5. The molecular formula is C38H55N5O3. The van der Waals surface area contributed by atoms with Gasteiger partial charge in [0.2, 0.25) is 17.7 Å². The predicted octanol–water partition coefficient (Wildman–Crippen LogP) is 4.57. The van der Waals surface area contributed by atoms with Crippen LogP contribution < -0.4 is 10.6 Å². The molecule has 8 nitrogen and oxygen atoms in total. The first-order chi connectivity index (χ1) is 22.1. The topological polar surface area (TPSA) is 85.0 Å². The highest BCUT2D eigenvalue weighted by Gasteiger charge is 2.36. The van der Waals surface area contributed by atoms with Crippen LogP contribution >= 0.6 is 0 Å². The fraction of sp³-hybridized carbons (Fsp3) is 0.605. The van der Waals surface area contributed by atoms with Crippen molar-refractivity contribution in [2.75, 3.05) is 39.3 Å². The molecule has 250 valence electrons. The zero-order valence-corrected chi connectivity index (χ0v) is 28.7. The number of hydrogen-bond donors (Lipinski definition) is 2. The average Bonchev–Trinajstić information content (AvgIpc) is 3.04. The van der Waals surface area contributed by atoms with Gasteiger partial charge in [0.25, 0.3) is 0 Å². The van der Waals surface area contributed by atoms with Gasteiger partial charge < -0.3 is 20.4 Å². The second-order valence-electron chi connectivity index (χ2n) is 14.3. The summed E-state index contributed by atoms with van der Waals surface area (Å²) in [4.78, 5) is 46.4. The van der Waals surface area contributed by atoms with E-state index in [9.17, 15) is 14.4 Å². The molecule has 2 N–H and O–H groups in total. The summed E-state index contributed by atoms with van der Waals surface area (Å²) in [5.41, 5.74) is 5.91. The lowest BCUT2D eigenvalue weighted by Crippen LogP contribution is -2.56. The van der Waals surface area contributed by atoms with E-state index in [4.69, 9.17) is 0 Å². The van der Waals surface area contributed by atoms with Gasteiger partial charge in [-0.15, -0.1) is 0 Å². The van der Waals surface area contributed by atoms with Gasteiger partial charge >= 0.3 is 0 Å². The minimum absolute atomic E-state index is 0.0222. The quantitative estimate of drug-likeness (QED) is 0.403. The summed E-state index contributed by atoms with van der Waals surface area (Å²) in [6.07, 6.45) is 5.63. The average molecular weight is 630 g/mol. The molecule has 3 aliphatic heterocycles. The molecule has 0 aliphatic carbocycles. The Morgan fingerprint density at radius 2 is 1.59 bits per heavy atom. The van der Waals surface area contributed by atoms with Crippen LogP contribution in [0.4, 0.5) is 0 Å². The highest BCUT2D eigenvalue weighted by atomic mass is 16.2. The van der Waals surface area contributed by atoms with Crippen molar-refractivity contribution in [1.82, 2.24) is 25.3 Å². The number of nitrogens with zero attached hydrogens (tertiary/aromatic N) is 3. The number of piperidine rings is 2.